The van der Waals surface area contributed by atoms with Gasteiger partial charge in [0.05, 0.1) is 26.4 Å². The van der Waals surface area contributed by atoms with Gasteiger partial charge in [-0.15, -0.1) is 0 Å². The first-order valence-corrected chi connectivity index (χ1v) is 47.9. The van der Waals surface area contributed by atoms with E-state index < -0.39 is 97.5 Å². The summed E-state index contributed by atoms with van der Waals surface area (Å²) < 4.78 is 68.9. The third-order valence-electron chi connectivity index (χ3n) is 20.8. The molecule has 0 amide bonds. The average molecular weight is 1560 g/mol. The Balaban J connectivity index is 5.28. The molecule has 0 radical (unpaired) electrons. The van der Waals surface area contributed by atoms with E-state index in [2.05, 4.69) is 65.8 Å². The number of allylic oxidation sites excluding steroid dienone is 4. The minimum absolute atomic E-state index is 0.0856. The highest BCUT2D eigenvalue weighted by Gasteiger charge is 2.30. The lowest BCUT2D eigenvalue weighted by Gasteiger charge is -2.21. The van der Waals surface area contributed by atoms with Gasteiger partial charge in [-0.25, -0.2) is 9.13 Å². The monoisotopic (exact) mass is 1560 g/mol. The van der Waals surface area contributed by atoms with Crippen LogP contribution in [0.1, 0.15) is 446 Å². The molecule has 632 valence electrons. The van der Waals surface area contributed by atoms with Gasteiger partial charge in [-0.1, -0.05) is 393 Å². The molecular weight excluding hydrogens is 1390 g/mol. The second-order valence-corrected chi connectivity index (χ2v) is 34.3. The lowest BCUT2D eigenvalue weighted by Crippen LogP contribution is -2.30. The van der Waals surface area contributed by atoms with Crippen molar-refractivity contribution in [2.75, 3.05) is 39.6 Å². The molecule has 0 aliphatic heterocycles. The van der Waals surface area contributed by atoms with Crippen molar-refractivity contribution in [1.82, 2.24) is 0 Å². The van der Waals surface area contributed by atoms with Gasteiger partial charge in [0, 0.05) is 25.7 Å². The molecule has 0 aliphatic carbocycles. The fraction of sp³-hybridized carbons (Fsp3) is 0.909. The number of aliphatic hydroxyl groups excluding tert-OH is 1. The maximum atomic E-state index is 13.2. The molecule has 0 heterocycles. The summed E-state index contributed by atoms with van der Waals surface area (Å²) in [5, 5.41) is 10.7. The first-order chi connectivity index (χ1) is 51.9. The highest BCUT2D eigenvalue weighted by molar-refractivity contribution is 7.47. The number of hydrogen-bond acceptors (Lipinski definition) is 15. The smallest absolute Gasteiger partial charge is 0.462 e. The van der Waals surface area contributed by atoms with Crippen molar-refractivity contribution in [3.05, 3.63) is 24.3 Å². The molecule has 7 atom stereocenters. The number of hydrogen-bond donors (Lipinski definition) is 3. The molecule has 0 spiro atoms. The number of aliphatic hydroxyl groups is 1. The number of carbonyl (C=O) groups excluding carboxylic acids is 4. The van der Waals surface area contributed by atoms with E-state index in [1.807, 2.05) is 0 Å². The van der Waals surface area contributed by atoms with Crippen molar-refractivity contribution in [3.8, 4) is 0 Å². The minimum Gasteiger partial charge on any atom is -0.462 e. The Morgan fingerprint density at radius 1 is 0.299 bits per heavy atom. The fourth-order valence-electron chi connectivity index (χ4n) is 13.2. The zero-order chi connectivity index (χ0) is 78.5. The molecule has 0 aliphatic rings. The van der Waals surface area contributed by atoms with Crippen molar-refractivity contribution >= 4 is 39.5 Å². The van der Waals surface area contributed by atoms with Crippen molar-refractivity contribution in [2.24, 2.45) is 11.8 Å². The summed E-state index contributed by atoms with van der Waals surface area (Å²) in [6.45, 7) is 9.74. The standard InChI is InChI=1S/C88H168O17P2/c1-7-11-13-15-17-19-21-23-28-36-42-48-54-60-66-72-87(92)104-83(76-98-85(90)70-64-58-52-46-40-22-20-18-16-14-12-8-2)78-102-106(94,95)100-74-82(89)75-101-107(96,97)103-79-84(77-99-86(91)71-65-59-53-47-41-35-32-31-34-39-45-51-57-63-69-81(6)10-4)105-88(93)73-67-61-55-49-43-37-30-27-25-24-26-29-33-38-44-50-56-62-68-80(5)9-3/h19,21,23,28,80-84,89H,7-18,20,22,24-27,29-79H2,1-6H3,(H,94,95)(H,96,97)/b21-19-,28-23-/t80?,81?,82-,83+,84+/m0/s1. The largest absolute Gasteiger partial charge is 0.472 e. The van der Waals surface area contributed by atoms with E-state index in [4.69, 9.17) is 37.0 Å². The summed E-state index contributed by atoms with van der Waals surface area (Å²) in [6.07, 6.45) is 74.2. The first-order valence-electron chi connectivity index (χ1n) is 44.9. The van der Waals surface area contributed by atoms with Gasteiger partial charge in [-0.05, 0) is 63.2 Å². The summed E-state index contributed by atoms with van der Waals surface area (Å²) in [6, 6.07) is 0. The SMILES string of the molecule is CCCCCC/C=C\C=C/CCCCCCCC(=O)O[C@H](COC(=O)CCCCCCCCCCCCCC)COP(=O)(O)OC[C@H](O)COP(=O)(O)OC[C@@H](COC(=O)CCCCCCCCCCCCCCCCC(C)CC)OC(=O)CCCCCCCCCCCCCCCCCCCCC(C)CC. The molecule has 3 N–H and O–H groups in total. The van der Waals surface area contributed by atoms with Crippen LogP contribution in [0.3, 0.4) is 0 Å². The summed E-state index contributed by atoms with van der Waals surface area (Å²) in [7, 11) is -9.94. The van der Waals surface area contributed by atoms with E-state index in [1.165, 1.54) is 250 Å². The van der Waals surface area contributed by atoms with Gasteiger partial charge in [-0.2, -0.15) is 0 Å². The van der Waals surface area contributed by atoms with Crippen molar-refractivity contribution in [1.29, 1.82) is 0 Å². The summed E-state index contributed by atoms with van der Waals surface area (Å²) in [4.78, 5) is 73.3. The second kappa shape index (κ2) is 78.8. The Hall–Kier alpha value is -2.46. The van der Waals surface area contributed by atoms with Gasteiger partial charge in [0.15, 0.2) is 12.2 Å². The van der Waals surface area contributed by atoms with E-state index >= 15 is 0 Å². The maximum absolute atomic E-state index is 13.2. The van der Waals surface area contributed by atoms with Crippen LogP contribution in [0.25, 0.3) is 0 Å². The molecule has 0 saturated heterocycles. The van der Waals surface area contributed by atoms with Gasteiger partial charge < -0.3 is 33.8 Å². The average Bonchev–Trinajstić information content (AvgIpc) is 0.899. The topological polar surface area (TPSA) is 237 Å². The van der Waals surface area contributed by atoms with Crippen LogP contribution in [-0.2, 0) is 65.4 Å². The van der Waals surface area contributed by atoms with E-state index in [0.717, 1.165) is 115 Å². The van der Waals surface area contributed by atoms with Crippen molar-refractivity contribution < 1.29 is 80.2 Å². The van der Waals surface area contributed by atoms with Crippen molar-refractivity contribution in [3.63, 3.8) is 0 Å². The lowest BCUT2D eigenvalue weighted by atomic mass is 9.99. The number of esters is 4. The number of phosphoric acid groups is 2. The molecule has 0 fully saturated rings. The van der Waals surface area contributed by atoms with Crippen LogP contribution >= 0.6 is 15.6 Å². The normalized spacial score (nSPS) is 14.4. The van der Waals surface area contributed by atoms with Gasteiger partial charge >= 0.3 is 39.5 Å². The first kappa shape index (κ1) is 105. The van der Waals surface area contributed by atoms with E-state index in [1.54, 1.807) is 0 Å². The highest BCUT2D eigenvalue weighted by Crippen LogP contribution is 2.45. The second-order valence-electron chi connectivity index (χ2n) is 31.4. The number of carbonyl (C=O) groups is 4. The Morgan fingerprint density at radius 2 is 0.523 bits per heavy atom. The predicted molar refractivity (Wildman–Crippen MR) is 441 cm³/mol. The molecule has 0 aromatic heterocycles. The van der Waals surface area contributed by atoms with Crippen LogP contribution in [-0.4, -0.2) is 96.7 Å². The Labute approximate surface area is 656 Å². The highest BCUT2D eigenvalue weighted by atomic mass is 31.2. The molecule has 0 aromatic carbocycles. The number of phosphoric ester groups is 2. The van der Waals surface area contributed by atoms with Gasteiger partial charge in [-0.3, -0.25) is 37.3 Å². The summed E-state index contributed by atoms with van der Waals surface area (Å²) in [5.74, 6) is -0.411. The molecule has 0 rings (SSSR count). The molecule has 0 saturated carbocycles. The molecule has 4 unspecified atom stereocenters. The fourth-order valence-corrected chi connectivity index (χ4v) is 14.7. The molecular formula is C88H168O17P2. The van der Waals surface area contributed by atoms with Crippen LogP contribution in [0.15, 0.2) is 24.3 Å². The molecule has 107 heavy (non-hydrogen) atoms. The lowest BCUT2D eigenvalue weighted by molar-refractivity contribution is -0.161. The zero-order valence-corrected chi connectivity index (χ0v) is 71.7. The third kappa shape index (κ3) is 78.6. The summed E-state index contributed by atoms with van der Waals surface area (Å²) >= 11 is 0. The van der Waals surface area contributed by atoms with Gasteiger partial charge in [0.25, 0.3) is 0 Å². The van der Waals surface area contributed by atoms with Gasteiger partial charge in [0.2, 0.25) is 0 Å². The van der Waals surface area contributed by atoms with E-state index in [9.17, 15) is 43.2 Å². The van der Waals surface area contributed by atoms with Gasteiger partial charge in [0.1, 0.15) is 19.3 Å². The Bertz CT molecular complexity index is 2140. The third-order valence-corrected chi connectivity index (χ3v) is 22.7. The minimum atomic E-state index is -4.97. The number of rotatable bonds is 85. The van der Waals surface area contributed by atoms with Crippen molar-refractivity contribution in [2.45, 2.75) is 464 Å². The van der Waals surface area contributed by atoms with Crippen LogP contribution in [0.4, 0.5) is 0 Å². The maximum Gasteiger partial charge on any atom is 0.472 e. The zero-order valence-electron chi connectivity index (χ0n) is 69.9. The van der Waals surface area contributed by atoms with Crippen LogP contribution in [0, 0.1) is 11.8 Å². The van der Waals surface area contributed by atoms with E-state index in [0.29, 0.717) is 25.7 Å². The van der Waals surface area contributed by atoms with E-state index in [-0.39, 0.29) is 25.7 Å². The molecule has 0 bridgehead atoms. The van der Waals surface area contributed by atoms with Crippen LogP contribution in [0.2, 0.25) is 0 Å². The molecule has 0 aromatic rings. The van der Waals surface area contributed by atoms with Crippen LogP contribution in [0.5, 0.6) is 0 Å². The Morgan fingerprint density at radius 3 is 0.794 bits per heavy atom. The molecule has 19 heteroatoms. The van der Waals surface area contributed by atoms with Crippen LogP contribution < -0.4 is 0 Å². The quantitative estimate of drug-likeness (QED) is 0.0169. The summed E-state index contributed by atoms with van der Waals surface area (Å²) in [5.41, 5.74) is 0. The molecule has 17 nitrogen and oxygen atoms in total. The predicted octanol–water partition coefficient (Wildman–Crippen LogP) is 26.6. The number of ether oxygens (including phenoxy) is 4. The number of unbranched alkanes of at least 4 members (excludes halogenated alkanes) is 50. The Kier molecular flexibility index (Phi) is 77.0.